The van der Waals surface area contributed by atoms with Gasteiger partial charge in [0.25, 0.3) is 5.91 Å². The number of anilines is 1. The fourth-order valence-electron chi connectivity index (χ4n) is 8.63. The molecule has 0 radical (unpaired) electrons. The number of ketones is 1. The van der Waals surface area contributed by atoms with Crippen molar-refractivity contribution in [3.63, 3.8) is 0 Å². The number of aliphatic hydroxyl groups is 1. The lowest BCUT2D eigenvalue weighted by atomic mass is 9.50. The Balaban J connectivity index is 1.38. The van der Waals surface area contributed by atoms with Crippen LogP contribution in [0, 0.1) is 17.3 Å². The summed E-state index contributed by atoms with van der Waals surface area (Å²) >= 11 is 0. The molecule has 1 amide bonds. The number of hydrogen-bond acceptors (Lipinski definition) is 4. The summed E-state index contributed by atoms with van der Waals surface area (Å²) in [5.74, 6) is -7.12. The highest BCUT2D eigenvalue weighted by atomic mass is 19.4. The minimum Gasteiger partial charge on any atom is -0.383 e. The molecule has 4 N–H and O–H groups in total. The molecule has 44 heavy (non-hydrogen) atoms. The predicted molar refractivity (Wildman–Crippen MR) is 155 cm³/mol. The molecule has 234 valence electrons. The summed E-state index contributed by atoms with van der Waals surface area (Å²) in [6.45, 7) is 1.78. The molecule has 0 heterocycles. The Kier molecular flexibility index (Phi) is 7.30. The van der Waals surface area contributed by atoms with E-state index in [0.29, 0.717) is 43.5 Å². The Bertz CT molecular complexity index is 1560. The molecule has 2 saturated carbocycles. The summed E-state index contributed by atoms with van der Waals surface area (Å²) in [6, 6.07) is 14.3. The third kappa shape index (κ3) is 4.59. The SMILES string of the molecule is C[C@]12C[C@H](c3ccc(CNc4ccccc4C(N)=O)cc3)C3=C4CCC(=O)C=C4CCC3C1CC[C@@]2(O)C(F)(F)C(F)(F)F. The number of primary amides is 1. The van der Waals surface area contributed by atoms with Crippen molar-refractivity contribution in [3.8, 4) is 0 Å². The highest BCUT2D eigenvalue weighted by Crippen LogP contribution is 2.70. The van der Waals surface area contributed by atoms with Crippen LogP contribution in [0.1, 0.15) is 79.3 Å². The number of para-hydroxylation sites is 1. The van der Waals surface area contributed by atoms with Crippen molar-refractivity contribution in [3.05, 3.63) is 88.0 Å². The van der Waals surface area contributed by atoms with Gasteiger partial charge >= 0.3 is 12.1 Å². The van der Waals surface area contributed by atoms with Crippen LogP contribution in [0.5, 0.6) is 0 Å². The number of nitrogens with one attached hydrogen (secondary N) is 1. The molecule has 0 aliphatic heterocycles. The van der Waals surface area contributed by atoms with Gasteiger partial charge in [0.1, 0.15) is 5.60 Å². The number of alkyl halides is 5. The maximum absolute atomic E-state index is 15.2. The van der Waals surface area contributed by atoms with E-state index >= 15 is 8.78 Å². The molecule has 4 aliphatic rings. The first-order valence-electron chi connectivity index (χ1n) is 15.0. The molecule has 5 atom stereocenters. The van der Waals surface area contributed by atoms with Crippen molar-refractivity contribution in [2.45, 2.75) is 82.0 Å². The van der Waals surface area contributed by atoms with Crippen molar-refractivity contribution in [1.82, 2.24) is 0 Å². The first-order valence-corrected chi connectivity index (χ1v) is 15.0. The van der Waals surface area contributed by atoms with Crippen LogP contribution < -0.4 is 11.1 Å². The standard InChI is InChI=1S/C34H35F5N2O3/c1-31-17-26(20-8-6-19(7-9-20)18-41-28-5-3-2-4-25(28)30(40)43)29-23-13-11-22(42)16-21(23)10-12-24(29)27(31)14-15-32(31,44)33(35,36)34(37,38)39/h2-9,16,24,26-27,41,44H,10-15,17-18H2,1H3,(H2,40,43)/t24?,26-,27?,31+,32+/m1/s1. The minimum absolute atomic E-state index is 0.0369. The molecular weight excluding hydrogens is 579 g/mol. The first kappa shape index (κ1) is 30.5. The van der Waals surface area contributed by atoms with E-state index in [0.717, 1.165) is 27.8 Å². The van der Waals surface area contributed by atoms with E-state index in [1.165, 1.54) is 6.92 Å². The van der Waals surface area contributed by atoms with Crippen LogP contribution in [-0.2, 0) is 11.3 Å². The maximum atomic E-state index is 15.2. The van der Waals surface area contributed by atoms with Gasteiger partial charge in [-0.2, -0.15) is 22.0 Å². The van der Waals surface area contributed by atoms with Crippen LogP contribution in [0.3, 0.4) is 0 Å². The normalized spacial score (nSPS) is 30.3. The van der Waals surface area contributed by atoms with Gasteiger partial charge in [-0.15, -0.1) is 0 Å². The van der Waals surface area contributed by atoms with E-state index in [1.807, 2.05) is 24.3 Å². The number of carbonyl (C=O) groups is 2. The number of fused-ring (bicyclic) bond motifs is 4. The third-order valence-electron chi connectivity index (χ3n) is 10.8. The second-order valence-electron chi connectivity index (χ2n) is 13.0. The lowest BCUT2D eigenvalue weighted by Gasteiger charge is -2.56. The predicted octanol–water partition coefficient (Wildman–Crippen LogP) is 7.23. The highest BCUT2D eigenvalue weighted by Gasteiger charge is 2.79. The second kappa shape index (κ2) is 10.5. The Morgan fingerprint density at radius 1 is 1.02 bits per heavy atom. The Labute approximate surface area is 252 Å². The fourth-order valence-corrected chi connectivity index (χ4v) is 8.63. The number of rotatable bonds is 6. The number of hydrogen-bond donors (Lipinski definition) is 3. The van der Waals surface area contributed by atoms with E-state index in [9.17, 15) is 27.9 Å². The molecule has 2 aromatic rings. The topological polar surface area (TPSA) is 92.4 Å². The molecule has 0 aromatic heterocycles. The average molecular weight is 615 g/mol. The number of allylic oxidation sites excluding steroid dienone is 4. The van der Waals surface area contributed by atoms with E-state index in [1.54, 1.807) is 30.3 Å². The molecule has 2 fully saturated rings. The summed E-state index contributed by atoms with van der Waals surface area (Å²) < 4.78 is 71.7. The molecule has 0 spiro atoms. The second-order valence-corrected chi connectivity index (χ2v) is 13.0. The fraction of sp³-hybridized carbons (Fsp3) is 0.471. The van der Waals surface area contributed by atoms with Gasteiger partial charge in [-0.1, -0.05) is 48.9 Å². The molecule has 0 saturated heterocycles. The van der Waals surface area contributed by atoms with Gasteiger partial charge in [0.05, 0.1) is 5.56 Å². The Hall–Kier alpha value is -3.53. The molecule has 2 aromatic carbocycles. The molecule has 6 rings (SSSR count). The zero-order valence-corrected chi connectivity index (χ0v) is 24.3. The molecule has 5 nitrogen and oxygen atoms in total. The average Bonchev–Trinajstić information content (AvgIpc) is 3.26. The van der Waals surface area contributed by atoms with Gasteiger partial charge in [-0.05, 0) is 90.8 Å². The van der Waals surface area contributed by atoms with E-state index in [-0.39, 0.29) is 24.5 Å². The third-order valence-corrected chi connectivity index (χ3v) is 10.8. The Morgan fingerprint density at radius 3 is 2.41 bits per heavy atom. The van der Waals surface area contributed by atoms with Gasteiger partial charge in [0, 0.05) is 30.0 Å². The lowest BCUT2D eigenvalue weighted by molar-refractivity contribution is -0.362. The van der Waals surface area contributed by atoms with Crippen molar-refractivity contribution < 1.29 is 36.6 Å². The van der Waals surface area contributed by atoms with E-state index < -0.39 is 47.3 Å². The van der Waals surface area contributed by atoms with Gasteiger partial charge < -0.3 is 16.2 Å². The van der Waals surface area contributed by atoms with Crippen LogP contribution in [0.25, 0.3) is 0 Å². The molecular formula is C34H35F5N2O3. The van der Waals surface area contributed by atoms with Crippen LogP contribution in [0.4, 0.5) is 27.6 Å². The van der Waals surface area contributed by atoms with Gasteiger partial charge in [-0.25, -0.2) is 0 Å². The smallest absolute Gasteiger partial charge is 0.383 e. The van der Waals surface area contributed by atoms with Crippen LogP contribution in [0.2, 0.25) is 0 Å². The summed E-state index contributed by atoms with van der Waals surface area (Å²) in [6.07, 6.45) is -2.93. The highest BCUT2D eigenvalue weighted by molar-refractivity contribution is 5.98. The zero-order valence-electron chi connectivity index (χ0n) is 24.3. The number of carbonyl (C=O) groups excluding carboxylic acids is 2. The van der Waals surface area contributed by atoms with Crippen molar-refractivity contribution >= 4 is 17.4 Å². The zero-order chi connectivity index (χ0) is 31.7. The van der Waals surface area contributed by atoms with Gasteiger partial charge in [0.2, 0.25) is 0 Å². The summed E-state index contributed by atoms with van der Waals surface area (Å²) in [5.41, 5.74) is 6.07. The van der Waals surface area contributed by atoms with Crippen LogP contribution >= 0.6 is 0 Å². The number of amides is 1. The molecule has 4 aliphatic carbocycles. The number of halogens is 5. The quantitative estimate of drug-likeness (QED) is 0.300. The number of benzene rings is 2. The monoisotopic (exact) mass is 614 g/mol. The minimum atomic E-state index is -5.89. The molecule has 2 unspecified atom stereocenters. The number of nitrogens with two attached hydrogens (primary N) is 1. The summed E-state index contributed by atoms with van der Waals surface area (Å²) in [5, 5.41) is 14.6. The Morgan fingerprint density at radius 2 is 1.73 bits per heavy atom. The van der Waals surface area contributed by atoms with Crippen molar-refractivity contribution in [2.75, 3.05) is 5.32 Å². The van der Waals surface area contributed by atoms with Crippen molar-refractivity contribution in [2.24, 2.45) is 23.0 Å². The van der Waals surface area contributed by atoms with Crippen LogP contribution in [-0.4, -0.2) is 34.5 Å². The summed E-state index contributed by atoms with van der Waals surface area (Å²) in [7, 11) is 0. The first-order chi connectivity index (χ1) is 20.7. The molecule has 10 heteroatoms. The summed E-state index contributed by atoms with van der Waals surface area (Å²) in [4.78, 5) is 24.0. The van der Waals surface area contributed by atoms with Crippen LogP contribution in [0.15, 0.2) is 71.3 Å². The van der Waals surface area contributed by atoms with Gasteiger partial charge in [-0.3, -0.25) is 9.59 Å². The van der Waals surface area contributed by atoms with E-state index in [4.69, 9.17) is 5.73 Å². The molecule has 0 bridgehead atoms. The lowest BCUT2D eigenvalue weighted by Crippen LogP contribution is -2.65. The maximum Gasteiger partial charge on any atom is 0.456 e. The van der Waals surface area contributed by atoms with Gasteiger partial charge in [0.15, 0.2) is 5.78 Å². The largest absolute Gasteiger partial charge is 0.456 e. The van der Waals surface area contributed by atoms with Crippen molar-refractivity contribution in [1.29, 1.82) is 0 Å². The van der Waals surface area contributed by atoms with E-state index in [2.05, 4.69) is 5.32 Å².